The van der Waals surface area contributed by atoms with Crippen molar-refractivity contribution in [3.05, 3.63) is 0 Å². The van der Waals surface area contributed by atoms with Crippen LogP contribution in [-0.4, -0.2) is 0 Å². The first-order chi connectivity index (χ1) is 4.27. The van der Waals surface area contributed by atoms with E-state index in [1.54, 1.807) is 22.9 Å². The molecule has 0 aromatic carbocycles. The zero-order valence-electron chi connectivity index (χ0n) is 4.90. The summed E-state index contributed by atoms with van der Waals surface area (Å²) in [7, 11) is 0. The molecule has 1 N–H and O–H groups in total. The van der Waals surface area contributed by atoms with Crippen LogP contribution in [-0.2, 0) is 0 Å². The number of nitrogens with one attached hydrogen (secondary N) is 1. The maximum atomic E-state index is 6.74. The SMILES string of the molecule is [3H]N(I)C#CC#CC#C. The highest BCUT2D eigenvalue weighted by atomic mass is 127. The van der Waals surface area contributed by atoms with E-state index in [2.05, 4.69) is 29.7 Å². The lowest BCUT2D eigenvalue weighted by atomic mass is 10.6. The number of hydrogen-bond acceptors (Lipinski definition) is 1. The molecule has 0 fully saturated rings. The van der Waals surface area contributed by atoms with E-state index in [9.17, 15) is 0 Å². The second-order valence-corrected chi connectivity index (χ2v) is 1.20. The maximum Gasteiger partial charge on any atom is 0.183 e. The Morgan fingerprint density at radius 1 is 1.50 bits per heavy atom. The minimum Gasteiger partial charge on any atom is -0.287 e. The van der Waals surface area contributed by atoms with Gasteiger partial charge in [0, 0.05) is 17.9 Å². The van der Waals surface area contributed by atoms with Crippen LogP contribution < -0.4 is 3.52 Å². The molecular weight excluding hydrogens is 213 g/mol. The molecule has 0 aliphatic carbocycles. The zero-order valence-corrected chi connectivity index (χ0v) is 6.06. The van der Waals surface area contributed by atoms with Gasteiger partial charge in [-0.25, -0.2) is 0 Å². The monoisotopic (exact) mass is 217 g/mol. The molecule has 0 atom stereocenters. The van der Waals surface area contributed by atoms with E-state index in [0.29, 0.717) is 0 Å². The molecule has 0 heterocycles. The Morgan fingerprint density at radius 3 is 2.75 bits per heavy atom. The minimum absolute atomic E-state index is 0.933. The Hall–Kier alpha value is -0.790. The van der Waals surface area contributed by atoms with Crippen LogP contribution >= 0.6 is 22.9 Å². The van der Waals surface area contributed by atoms with E-state index in [1.165, 1.54) is 0 Å². The first-order valence-corrected chi connectivity index (χ1v) is 2.65. The third-order valence-corrected chi connectivity index (χ3v) is 0.537. The predicted molar refractivity (Wildman–Crippen MR) is 41.5 cm³/mol. The third-order valence-electron chi connectivity index (χ3n) is 0.295. The van der Waals surface area contributed by atoms with Gasteiger partial charge in [-0.1, -0.05) is 0 Å². The van der Waals surface area contributed by atoms with Crippen LogP contribution in [0.15, 0.2) is 0 Å². The van der Waals surface area contributed by atoms with Gasteiger partial charge in [-0.2, -0.15) is 0 Å². The Balaban J connectivity index is 3.79. The van der Waals surface area contributed by atoms with Gasteiger partial charge in [0.1, 0.15) is 0 Å². The summed E-state index contributed by atoms with van der Waals surface area (Å²) >= 11 is 1.70. The van der Waals surface area contributed by atoms with Crippen molar-refractivity contribution in [3.8, 4) is 36.1 Å². The van der Waals surface area contributed by atoms with E-state index < -0.39 is 0 Å². The van der Waals surface area contributed by atoms with Crippen LogP contribution in [0.2, 0.25) is 1.41 Å². The molecular formula is C6H2IN. The fourth-order valence-electron chi connectivity index (χ4n) is 0.116. The van der Waals surface area contributed by atoms with Gasteiger partial charge in [-0.15, -0.1) is 6.42 Å². The second-order valence-electron chi connectivity index (χ2n) is 0.716. The summed E-state index contributed by atoms with van der Waals surface area (Å²) in [5.41, 5.74) is 0. The van der Waals surface area contributed by atoms with E-state index in [4.69, 9.17) is 7.84 Å². The molecule has 0 bridgehead atoms. The van der Waals surface area contributed by atoms with Gasteiger partial charge in [-0.05, 0) is 11.8 Å². The van der Waals surface area contributed by atoms with Crippen molar-refractivity contribution in [2.75, 3.05) is 0 Å². The van der Waals surface area contributed by atoms with Gasteiger partial charge >= 0.3 is 0 Å². The molecule has 1 nitrogen and oxygen atoms in total. The molecule has 0 rings (SSSR count). The molecule has 0 aliphatic heterocycles. The van der Waals surface area contributed by atoms with Gasteiger partial charge in [0.15, 0.2) is 1.41 Å². The molecule has 0 aliphatic rings. The van der Waals surface area contributed by atoms with Crippen molar-refractivity contribution < 1.29 is 1.41 Å². The first-order valence-electron chi connectivity index (χ1n) is 2.13. The standard InChI is InChI=1S/C6H2IN/c1-2-3-4-5-6-8-7/h1,8H/i/hT. The average molecular weight is 217 g/mol. The molecule has 8 heavy (non-hydrogen) atoms. The minimum atomic E-state index is 0.933. The third kappa shape index (κ3) is 5.21. The highest BCUT2D eigenvalue weighted by Crippen LogP contribution is 1.59. The Morgan fingerprint density at radius 2 is 2.25 bits per heavy atom. The Labute approximate surface area is 64.2 Å². The molecule has 0 amide bonds. The predicted octanol–water partition coefficient (Wildman–Crippen LogP) is 0.523. The Kier molecular flexibility index (Phi) is 4.15. The average Bonchev–Trinajstić information content (AvgIpc) is 1.80. The summed E-state index contributed by atoms with van der Waals surface area (Å²) in [5, 5.41) is 0. The van der Waals surface area contributed by atoms with Crippen LogP contribution in [0.25, 0.3) is 0 Å². The lowest BCUT2D eigenvalue weighted by Gasteiger charge is -1.64. The lowest BCUT2D eigenvalue weighted by molar-refractivity contribution is 1.61. The second kappa shape index (κ2) is 6.21. The summed E-state index contributed by atoms with van der Waals surface area (Å²) in [6, 6.07) is 2.35. The van der Waals surface area contributed by atoms with Crippen molar-refractivity contribution in [3.63, 3.8) is 0 Å². The molecule has 0 aromatic rings. The van der Waals surface area contributed by atoms with Gasteiger partial charge < -0.3 is 0 Å². The van der Waals surface area contributed by atoms with E-state index in [-0.39, 0.29) is 0 Å². The molecule has 2 heteroatoms. The van der Waals surface area contributed by atoms with E-state index >= 15 is 0 Å². The summed E-state index contributed by atoms with van der Waals surface area (Å²) < 4.78 is 7.67. The van der Waals surface area contributed by atoms with Gasteiger partial charge in [0.05, 0.1) is 22.9 Å². The van der Waals surface area contributed by atoms with Crippen molar-refractivity contribution >= 4 is 22.9 Å². The fraction of sp³-hybridized carbons (Fsp3) is 0. The number of rotatable bonds is 0. The summed E-state index contributed by atoms with van der Waals surface area (Å²) in [6.07, 6.45) is 4.79. The van der Waals surface area contributed by atoms with Crippen molar-refractivity contribution in [1.82, 2.24) is 3.52 Å². The van der Waals surface area contributed by atoms with Gasteiger partial charge in [-0.3, -0.25) is 3.52 Å². The fourth-order valence-corrected chi connectivity index (χ4v) is 0.237. The molecule has 38 valence electrons. The lowest BCUT2D eigenvalue weighted by Crippen LogP contribution is -1.77. The molecule has 0 unspecified atom stereocenters. The molecule has 0 saturated carbocycles. The Bertz CT molecular complexity index is 230. The number of halogens is 1. The normalized spacial score (nSPS) is 5.75. The number of terminal acetylenes is 1. The van der Waals surface area contributed by atoms with Crippen LogP contribution in [0.3, 0.4) is 0 Å². The van der Waals surface area contributed by atoms with E-state index in [1.807, 2.05) is 0 Å². The molecule has 0 spiro atoms. The quantitative estimate of drug-likeness (QED) is 0.270. The summed E-state index contributed by atoms with van der Waals surface area (Å²) in [5.74, 6) is 9.11. The van der Waals surface area contributed by atoms with E-state index in [0.717, 1.165) is 3.52 Å². The van der Waals surface area contributed by atoms with Crippen molar-refractivity contribution in [2.24, 2.45) is 0 Å². The molecule has 0 aromatic heterocycles. The largest absolute Gasteiger partial charge is 0.287 e. The van der Waals surface area contributed by atoms with Crippen LogP contribution in [0.1, 0.15) is 0 Å². The van der Waals surface area contributed by atoms with Gasteiger partial charge in [0.25, 0.3) is 0 Å². The zero-order chi connectivity index (χ0) is 7.11. The van der Waals surface area contributed by atoms with Crippen molar-refractivity contribution in [2.45, 2.75) is 0 Å². The first kappa shape index (κ1) is 5.35. The maximum absolute atomic E-state index is 6.74. The van der Waals surface area contributed by atoms with Crippen LogP contribution in [0, 0.1) is 36.1 Å². The highest BCUT2D eigenvalue weighted by Gasteiger charge is 1.52. The molecule has 0 radical (unpaired) electrons. The van der Waals surface area contributed by atoms with Crippen molar-refractivity contribution in [1.29, 1.82) is 0 Å². The highest BCUT2D eigenvalue weighted by molar-refractivity contribution is 14.1. The summed E-state index contributed by atoms with van der Waals surface area (Å²) in [6.45, 7) is 0. The van der Waals surface area contributed by atoms with Crippen LogP contribution in [0.5, 0.6) is 0 Å². The van der Waals surface area contributed by atoms with Gasteiger partial charge in [0.2, 0.25) is 0 Å². The molecule has 0 saturated heterocycles. The number of hydrogen-bond donors (Lipinski definition) is 1. The van der Waals surface area contributed by atoms with Crippen LogP contribution in [0.4, 0.5) is 0 Å². The summed E-state index contributed by atoms with van der Waals surface area (Å²) in [4.78, 5) is 0. The topological polar surface area (TPSA) is 12.0 Å². The smallest absolute Gasteiger partial charge is 0.183 e.